The van der Waals surface area contributed by atoms with Gasteiger partial charge in [-0.25, -0.2) is 0 Å². The number of carbonyl (C=O) groups excluding carboxylic acids is 1. The molecular formula is C36H36FIN2O5P-. The first-order chi connectivity index (χ1) is 22.4. The molecule has 4 aromatic rings. The van der Waals surface area contributed by atoms with E-state index in [4.69, 9.17) is 11.9 Å². The van der Waals surface area contributed by atoms with E-state index in [0.717, 1.165) is 54.5 Å². The molecule has 3 unspecified atom stereocenters. The number of imidazole rings is 1. The number of ketones is 1. The van der Waals surface area contributed by atoms with Gasteiger partial charge < -0.3 is 0 Å². The number of halogens is 2. The van der Waals surface area contributed by atoms with Crippen molar-refractivity contribution in [1.82, 2.24) is 9.55 Å². The van der Waals surface area contributed by atoms with Gasteiger partial charge >= 0.3 is 280 Å². The van der Waals surface area contributed by atoms with Crippen LogP contribution >= 0.6 is 7.82 Å². The number of fused-ring (bicyclic) bond motifs is 3. The van der Waals surface area contributed by atoms with Crippen molar-refractivity contribution < 1.29 is 47.3 Å². The van der Waals surface area contributed by atoms with E-state index in [2.05, 4.69) is 4.98 Å². The van der Waals surface area contributed by atoms with Gasteiger partial charge in [0, 0.05) is 0 Å². The second kappa shape index (κ2) is 12.4. The summed E-state index contributed by atoms with van der Waals surface area (Å²) in [4.78, 5) is 18.6. The van der Waals surface area contributed by atoms with Crippen LogP contribution in [0.4, 0.5) is 4.39 Å². The van der Waals surface area contributed by atoms with Crippen LogP contribution in [0.5, 0.6) is 0 Å². The summed E-state index contributed by atoms with van der Waals surface area (Å²) in [7, 11) is -3.84. The van der Waals surface area contributed by atoms with Crippen LogP contribution in [0.1, 0.15) is 61.3 Å². The molecule has 0 amide bonds. The summed E-state index contributed by atoms with van der Waals surface area (Å²) in [6.45, 7) is 0.273. The van der Waals surface area contributed by atoms with Crippen LogP contribution in [-0.4, -0.2) is 19.3 Å². The Bertz CT molecular complexity index is 1720. The molecule has 9 rings (SSSR count). The predicted molar refractivity (Wildman–Crippen MR) is 166 cm³/mol. The standard InChI is InChI=1S/C36H36FIN2O5P/c37-30-13-7-12-29-32-20-39-23-40(32)31(34(29)30)16-33(41)36-17-26-14-27(18-36)35(28(15-26)19-36)38-45-46(42,43-21-24-8-3-1-4-9-24)44-22-25-10-5-2-6-11-25/h1-13,20,23,26-28,31,35H,14-19,21-22H2/q-1. The third-order valence-corrected chi connectivity index (χ3v) is 16.4. The Morgan fingerprint density at radius 2 is 1.57 bits per heavy atom. The number of rotatable bonds is 12. The summed E-state index contributed by atoms with van der Waals surface area (Å²) in [6, 6.07) is 24.0. The van der Waals surface area contributed by atoms with Crippen molar-refractivity contribution in [1.29, 1.82) is 0 Å². The number of alkyl halides is 1. The molecule has 46 heavy (non-hydrogen) atoms. The molecule has 5 aliphatic rings. The van der Waals surface area contributed by atoms with Crippen molar-refractivity contribution in [2.24, 2.45) is 23.2 Å². The van der Waals surface area contributed by atoms with Gasteiger partial charge in [-0.15, -0.1) is 0 Å². The Morgan fingerprint density at radius 3 is 2.22 bits per heavy atom. The van der Waals surface area contributed by atoms with Crippen LogP contribution in [0, 0.1) is 29.0 Å². The van der Waals surface area contributed by atoms with E-state index in [0.29, 0.717) is 23.3 Å². The van der Waals surface area contributed by atoms with E-state index in [-0.39, 0.29) is 46.6 Å². The minimum atomic E-state index is -3.84. The minimum absolute atomic E-state index is 0.136. The molecule has 4 saturated carbocycles. The SMILES string of the molecule is O=C(CC1c2c(F)cccc2-c2cncn21)C12CC3CC(C1)C([I-]OP(=O)(OCc1ccccc1)OCc1ccccc1)C(C3)C2. The number of carbonyl (C=O) groups is 1. The summed E-state index contributed by atoms with van der Waals surface area (Å²) in [5, 5.41) is 0. The van der Waals surface area contributed by atoms with Gasteiger partial charge in [-0.1, -0.05) is 0 Å². The van der Waals surface area contributed by atoms with Gasteiger partial charge in [-0.2, -0.15) is 0 Å². The number of phosphoric ester groups is 1. The molecule has 0 saturated heterocycles. The van der Waals surface area contributed by atoms with E-state index >= 15 is 4.39 Å². The first kappa shape index (κ1) is 30.6. The van der Waals surface area contributed by atoms with Gasteiger partial charge in [0.05, 0.1) is 0 Å². The molecule has 1 aromatic heterocycles. The normalized spacial score (nSPS) is 27.5. The summed E-state index contributed by atoms with van der Waals surface area (Å²) in [6.07, 6.45) is 8.46. The van der Waals surface area contributed by atoms with Crippen molar-refractivity contribution in [3.8, 4) is 11.3 Å². The van der Waals surface area contributed by atoms with Gasteiger partial charge in [0.1, 0.15) is 0 Å². The second-order valence-corrected chi connectivity index (χ2v) is 18.0. The Hall–Kier alpha value is -2.69. The number of hydrogen-bond donors (Lipinski definition) is 0. The van der Waals surface area contributed by atoms with E-state index in [1.165, 1.54) is 6.07 Å². The zero-order valence-electron chi connectivity index (χ0n) is 25.3. The molecule has 1 aliphatic heterocycles. The first-order valence-electron chi connectivity index (χ1n) is 16.0. The van der Waals surface area contributed by atoms with Crippen molar-refractivity contribution in [2.75, 3.05) is 0 Å². The van der Waals surface area contributed by atoms with Crippen LogP contribution in [0.3, 0.4) is 0 Å². The molecule has 7 nitrogen and oxygen atoms in total. The van der Waals surface area contributed by atoms with Gasteiger partial charge in [-0.05, 0) is 0 Å². The van der Waals surface area contributed by atoms with Gasteiger partial charge in [0.15, 0.2) is 0 Å². The summed E-state index contributed by atoms with van der Waals surface area (Å²) >= 11 is -0.997. The molecule has 0 N–H and O–H groups in total. The molecule has 3 aromatic carbocycles. The fourth-order valence-corrected chi connectivity index (χ4v) is 13.9. The second-order valence-electron chi connectivity index (χ2n) is 13.3. The van der Waals surface area contributed by atoms with Crippen LogP contribution in [0.25, 0.3) is 11.3 Å². The molecule has 2 heterocycles. The Labute approximate surface area is 279 Å². The van der Waals surface area contributed by atoms with Crippen LogP contribution < -0.4 is 21.6 Å². The monoisotopic (exact) mass is 753 g/mol. The van der Waals surface area contributed by atoms with Gasteiger partial charge in [0.25, 0.3) is 0 Å². The Morgan fingerprint density at radius 1 is 0.913 bits per heavy atom. The summed E-state index contributed by atoms with van der Waals surface area (Å²) < 4.78 is 49.5. The molecule has 4 bridgehead atoms. The number of hydrogen-bond acceptors (Lipinski definition) is 6. The molecule has 0 radical (unpaired) electrons. The zero-order chi connectivity index (χ0) is 31.3. The molecular weight excluding hydrogens is 717 g/mol. The zero-order valence-corrected chi connectivity index (χ0v) is 28.4. The fraction of sp³-hybridized carbons (Fsp3) is 0.389. The predicted octanol–water partition coefficient (Wildman–Crippen LogP) is 5.31. The number of nitrogens with zero attached hydrogens (tertiary/aromatic N) is 2. The van der Waals surface area contributed by atoms with Crippen LogP contribution in [-0.2, 0) is 34.5 Å². The summed E-state index contributed by atoms with van der Waals surface area (Å²) in [5.74, 6) is 1.17. The van der Waals surface area contributed by atoms with Crippen LogP contribution in [0.15, 0.2) is 91.4 Å². The Kier molecular flexibility index (Phi) is 8.26. The van der Waals surface area contributed by atoms with Crippen molar-refractivity contribution in [3.63, 3.8) is 0 Å². The third kappa shape index (κ3) is 5.72. The van der Waals surface area contributed by atoms with Crippen molar-refractivity contribution in [2.45, 2.75) is 61.7 Å². The summed E-state index contributed by atoms with van der Waals surface area (Å²) in [5.41, 5.74) is 3.72. The van der Waals surface area contributed by atoms with E-state index in [9.17, 15) is 9.36 Å². The number of benzene rings is 3. The van der Waals surface area contributed by atoms with E-state index in [1.807, 2.05) is 71.3 Å². The topological polar surface area (TPSA) is 79.7 Å². The maximum atomic E-state index is 15.1. The van der Waals surface area contributed by atoms with Gasteiger partial charge in [-0.3, -0.25) is 0 Å². The molecule has 10 heteroatoms. The first-order valence-corrected chi connectivity index (χ1v) is 19.6. The molecule has 4 fully saturated rings. The number of Topliss-reactive ketones (excluding diaryl/α,β-unsaturated/α-hetero) is 1. The van der Waals surface area contributed by atoms with Gasteiger partial charge in [0.2, 0.25) is 0 Å². The number of phosphoric acid groups is 1. The molecule has 240 valence electrons. The third-order valence-electron chi connectivity index (χ3n) is 10.5. The van der Waals surface area contributed by atoms with Crippen molar-refractivity contribution in [3.05, 3.63) is 114 Å². The van der Waals surface area contributed by atoms with Crippen molar-refractivity contribution >= 4 is 13.6 Å². The quantitative estimate of drug-likeness (QED) is 0.111. The molecule has 3 atom stereocenters. The molecule has 0 spiro atoms. The maximum absolute atomic E-state index is 15.1. The number of aromatic nitrogens is 2. The fourth-order valence-electron chi connectivity index (χ4n) is 8.67. The van der Waals surface area contributed by atoms with Crippen LogP contribution in [0.2, 0.25) is 0 Å². The molecule has 4 aliphatic carbocycles. The average Bonchev–Trinajstić information content (AvgIpc) is 3.66. The average molecular weight is 754 g/mol. The Balaban J connectivity index is 0.970. The van der Waals surface area contributed by atoms with E-state index < -0.39 is 29.4 Å². The van der Waals surface area contributed by atoms with E-state index in [1.54, 1.807) is 18.6 Å².